The average Bonchev–Trinajstić information content (AvgIpc) is 3.15. The Balaban J connectivity index is 1.17. The Morgan fingerprint density at radius 1 is 1.22 bits per heavy atom. The van der Waals surface area contributed by atoms with E-state index in [2.05, 4.69) is 20.5 Å². The molecule has 3 aromatic rings. The molecule has 0 spiro atoms. The molecule has 2 N–H and O–H groups in total. The van der Waals surface area contributed by atoms with Crippen LogP contribution in [0.2, 0.25) is 5.02 Å². The number of carbonyl (C=O) groups excluding carboxylic acids is 1. The average molecular weight is 510 g/mol. The largest absolute Gasteiger partial charge is 0.477 e. The predicted octanol–water partition coefficient (Wildman–Crippen LogP) is 5.10. The number of anilines is 1. The molecule has 36 heavy (non-hydrogen) atoms. The summed E-state index contributed by atoms with van der Waals surface area (Å²) in [5.74, 6) is 0.538. The summed E-state index contributed by atoms with van der Waals surface area (Å²) >= 11 is 6.49. The monoisotopic (exact) mass is 509 g/mol. The summed E-state index contributed by atoms with van der Waals surface area (Å²) in [6.07, 6.45) is 7.33. The van der Waals surface area contributed by atoms with Crippen LogP contribution in [0.5, 0.6) is 5.88 Å². The van der Waals surface area contributed by atoms with Gasteiger partial charge in [-0.05, 0) is 61.8 Å². The summed E-state index contributed by atoms with van der Waals surface area (Å²) in [6, 6.07) is 7.06. The topological polar surface area (TPSA) is 100 Å². The molecule has 2 atom stereocenters. The van der Waals surface area contributed by atoms with Gasteiger partial charge in [0.05, 0.1) is 29.1 Å². The lowest BCUT2D eigenvalue weighted by atomic mass is 9.86. The molecule has 2 fully saturated rings. The lowest BCUT2D eigenvalue weighted by Crippen LogP contribution is -2.45. The van der Waals surface area contributed by atoms with Crippen molar-refractivity contribution < 1.29 is 13.9 Å². The van der Waals surface area contributed by atoms with Gasteiger partial charge in [0.25, 0.3) is 5.56 Å². The lowest BCUT2D eigenvalue weighted by molar-refractivity contribution is 0.175. The summed E-state index contributed by atoms with van der Waals surface area (Å²) in [5, 5.41) is 9.61. The maximum atomic E-state index is 15.1. The number of hydrogen-bond acceptors (Lipinski definition) is 5. The van der Waals surface area contributed by atoms with Crippen LogP contribution in [-0.4, -0.2) is 38.8 Å². The maximum absolute atomic E-state index is 15.1. The maximum Gasteiger partial charge on any atom is 0.322 e. The van der Waals surface area contributed by atoms with Gasteiger partial charge < -0.3 is 15.0 Å². The van der Waals surface area contributed by atoms with E-state index in [1.54, 1.807) is 29.3 Å². The number of aromatic amines is 1. The molecule has 2 amide bonds. The van der Waals surface area contributed by atoms with Gasteiger partial charge in [0.2, 0.25) is 5.88 Å². The Labute approximate surface area is 211 Å². The van der Waals surface area contributed by atoms with Crippen molar-refractivity contribution in [2.45, 2.75) is 50.6 Å². The third-order valence-corrected chi connectivity index (χ3v) is 7.78. The minimum absolute atomic E-state index is 0.00165. The summed E-state index contributed by atoms with van der Waals surface area (Å²) in [4.78, 5) is 30.8. The quantitative estimate of drug-likeness (QED) is 0.498. The van der Waals surface area contributed by atoms with E-state index in [-0.39, 0.29) is 23.3 Å². The molecule has 1 saturated carbocycles. The predicted molar refractivity (Wildman–Crippen MR) is 133 cm³/mol. The van der Waals surface area contributed by atoms with E-state index in [1.807, 2.05) is 0 Å². The highest BCUT2D eigenvalue weighted by atomic mass is 35.5. The number of benzene rings is 1. The second-order valence-corrected chi connectivity index (χ2v) is 10.1. The number of nitrogens with zero attached hydrogens (tertiary/aromatic N) is 3. The number of pyridine rings is 1. The van der Waals surface area contributed by atoms with Gasteiger partial charge in [0.15, 0.2) is 0 Å². The van der Waals surface area contributed by atoms with Crippen LogP contribution in [0.1, 0.15) is 49.4 Å². The first-order valence-corrected chi connectivity index (χ1v) is 12.6. The van der Waals surface area contributed by atoms with Gasteiger partial charge in [-0.3, -0.25) is 4.79 Å². The fourth-order valence-corrected chi connectivity index (χ4v) is 5.62. The van der Waals surface area contributed by atoms with Crippen molar-refractivity contribution in [2.75, 3.05) is 11.9 Å². The number of ether oxygens (including phenoxy) is 1. The Bertz CT molecular complexity index is 1370. The van der Waals surface area contributed by atoms with Gasteiger partial charge in [-0.1, -0.05) is 18.0 Å². The van der Waals surface area contributed by atoms with Gasteiger partial charge in [-0.15, -0.1) is 0 Å². The molecule has 6 rings (SSSR count). The van der Waals surface area contributed by atoms with E-state index < -0.39 is 11.8 Å². The van der Waals surface area contributed by atoms with Crippen molar-refractivity contribution >= 4 is 23.3 Å². The number of amides is 2. The first-order chi connectivity index (χ1) is 17.5. The molecular formula is C26H25ClFN5O3. The second-order valence-electron chi connectivity index (χ2n) is 9.74. The van der Waals surface area contributed by atoms with E-state index in [4.69, 9.17) is 16.3 Å². The fraction of sp³-hybridized carbons (Fsp3) is 0.385. The summed E-state index contributed by atoms with van der Waals surface area (Å²) in [6.45, 7) is 0.661. The smallest absolute Gasteiger partial charge is 0.322 e. The molecule has 0 radical (unpaired) electrons. The molecule has 8 nitrogen and oxygen atoms in total. The Hall–Kier alpha value is -3.46. The van der Waals surface area contributed by atoms with E-state index in [9.17, 15) is 9.59 Å². The molecule has 186 valence electrons. The van der Waals surface area contributed by atoms with Crippen LogP contribution in [0.4, 0.5) is 14.9 Å². The van der Waals surface area contributed by atoms with E-state index in [0.717, 1.165) is 18.4 Å². The van der Waals surface area contributed by atoms with Crippen LogP contribution in [0.15, 0.2) is 41.3 Å². The zero-order chi connectivity index (χ0) is 24.8. The summed E-state index contributed by atoms with van der Waals surface area (Å²) < 4.78 is 20.8. The number of fused-ring (bicyclic) bond motifs is 4. The molecule has 2 aliphatic heterocycles. The van der Waals surface area contributed by atoms with Crippen LogP contribution in [0.3, 0.4) is 0 Å². The van der Waals surface area contributed by atoms with Crippen molar-refractivity contribution in [3.8, 4) is 17.0 Å². The van der Waals surface area contributed by atoms with Crippen molar-refractivity contribution in [3.63, 3.8) is 0 Å². The lowest BCUT2D eigenvalue weighted by Gasteiger charge is -2.35. The van der Waals surface area contributed by atoms with Crippen molar-refractivity contribution in [3.05, 3.63) is 69.0 Å². The molecule has 1 saturated heterocycles. The molecule has 1 aliphatic carbocycles. The van der Waals surface area contributed by atoms with E-state index in [1.165, 1.54) is 31.4 Å². The summed E-state index contributed by atoms with van der Waals surface area (Å²) in [5.41, 5.74) is 2.43. The highest BCUT2D eigenvalue weighted by Crippen LogP contribution is 2.43. The second kappa shape index (κ2) is 9.20. The Kier molecular flexibility index (Phi) is 5.87. The molecule has 2 bridgehead atoms. The standard InChI is InChI=1S/C26H25ClFN5O3/c27-19-11-21(20(28)10-18(19)15-4-7-24(29-12-15)36-13-14-2-1-3-14)30-26(35)33-17-5-6-22(33)25-16(8-17)9-23(34)31-32-25/h4,7,9-12,14,17,22H,1-3,5-6,8,13H2,(H,30,35)(H,31,34)/t17-,22+/m0/s1. The van der Waals surface area contributed by atoms with Crippen LogP contribution < -0.4 is 15.6 Å². The Morgan fingerprint density at radius 2 is 2.08 bits per heavy atom. The number of H-pyrrole nitrogens is 1. The van der Waals surface area contributed by atoms with Crippen LogP contribution in [0, 0.1) is 11.7 Å². The first kappa shape index (κ1) is 23.0. The van der Waals surface area contributed by atoms with Gasteiger partial charge in [0.1, 0.15) is 5.82 Å². The van der Waals surface area contributed by atoms with Crippen LogP contribution >= 0.6 is 11.6 Å². The van der Waals surface area contributed by atoms with Crippen molar-refractivity contribution in [1.29, 1.82) is 0 Å². The van der Waals surface area contributed by atoms with Gasteiger partial charge >= 0.3 is 6.03 Å². The summed E-state index contributed by atoms with van der Waals surface area (Å²) in [7, 11) is 0. The number of halogens is 2. The SMILES string of the molecule is O=C(Nc1cc(Cl)c(-c2ccc(OCC3CCC3)nc2)cc1F)N1[C@H]2CC[C@@H]1c1n[nH]c(=O)cc1C2. The van der Waals surface area contributed by atoms with Crippen molar-refractivity contribution in [2.24, 2.45) is 5.92 Å². The fourth-order valence-electron chi connectivity index (χ4n) is 5.35. The number of nitrogens with one attached hydrogen (secondary N) is 2. The van der Waals surface area contributed by atoms with Gasteiger partial charge in [0, 0.05) is 35.5 Å². The molecule has 10 heteroatoms. The number of rotatable bonds is 5. The third-order valence-electron chi connectivity index (χ3n) is 7.47. The molecule has 2 aromatic heterocycles. The highest BCUT2D eigenvalue weighted by Gasteiger charge is 2.44. The minimum Gasteiger partial charge on any atom is -0.477 e. The van der Waals surface area contributed by atoms with Gasteiger partial charge in [-0.25, -0.2) is 19.3 Å². The number of urea groups is 1. The zero-order valence-corrected chi connectivity index (χ0v) is 20.2. The minimum atomic E-state index is -0.597. The molecule has 4 heterocycles. The highest BCUT2D eigenvalue weighted by molar-refractivity contribution is 6.33. The number of aromatic nitrogens is 3. The van der Waals surface area contributed by atoms with E-state index in [0.29, 0.717) is 46.7 Å². The van der Waals surface area contributed by atoms with Crippen LogP contribution in [-0.2, 0) is 6.42 Å². The zero-order valence-electron chi connectivity index (χ0n) is 19.5. The van der Waals surface area contributed by atoms with Crippen LogP contribution in [0.25, 0.3) is 11.1 Å². The molecule has 1 aromatic carbocycles. The van der Waals surface area contributed by atoms with E-state index >= 15 is 4.39 Å². The molecule has 3 aliphatic rings. The number of carbonyl (C=O) groups is 1. The third kappa shape index (κ3) is 4.21. The Morgan fingerprint density at radius 3 is 2.83 bits per heavy atom. The molecule has 0 unspecified atom stereocenters. The van der Waals surface area contributed by atoms with Gasteiger partial charge in [-0.2, -0.15) is 5.10 Å². The number of hydrogen-bond donors (Lipinski definition) is 2. The first-order valence-electron chi connectivity index (χ1n) is 12.2. The van der Waals surface area contributed by atoms with Crippen molar-refractivity contribution in [1.82, 2.24) is 20.1 Å². The normalized spacial score (nSPS) is 20.6. The molecular weight excluding hydrogens is 485 g/mol.